The van der Waals surface area contributed by atoms with Gasteiger partial charge in [0.15, 0.2) is 0 Å². The van der Waals surface area contributed by atoms with Crippen molar-refractivity contribution in [3.8, 4) is 6.07 Å². The third-order valence-electron chi connectivity index (χ3n) is 3.80. The summed E-state index contributed by atoms with van der Waals surface area (Å²) in [6.07, 6.45) is 6.33. The van der Waals surface area contributed by atoms with Crippen LogP contribution < -0.4 is 11.1 Å². The van der Waals surface area contributed by atoms with Crippen LogP contribution in [0, 0.1) is 17.2 Å². The average molecular weight is 243 g/mol. The van der Waals surface area contributed by atoms with Crippen molar-refractivity contribution >= 4 is 11.4 Å². The molecule has 1 aromatic rings. The van der Waals surface area contributed by atoms with E-state index in [-0.39, 0.29) is 0 Å². The van der Waals surface area contributed by atoms with Crippen molar-refractivity contribution in [2.24, 2.45) is 5.92 Å². The van der Waals surface area contributed by atoms with Crippen LogP contribution in [-0.2, 0) is 0 Å². The monoisotopic (exact) mass is 243 g/mol. The van der Waals surface area contributed by atoms with Gasteiger partial charge in [-0.25, -0.2) is 0 Å². The van der Waals surface area contributed by atoms with Crippen LogP contribution in [0.2, 0.25) is 0 Å². The lowest BCUT2D eigenvalue weighted by Crippen LogP contribution is -2.19. The van der Waals surface area contributed by atoms with Crippen LogP contribution in [0.15, 0.2) is 18.2 Å². The van der Waals surface area contributed by atoms with Gasteiger partial charge in [0.05, 0.1) is 23.0 Å². The Kier molecular flexibility index (Phi) is 4.09. The van der Waals surface area contributed by atoms with Gasteiger partial charge in [-0.2, -0.15) is 5.26 Å². The van der Waals surface area contributed by atoms with Crippen molar-refractivity contribution in [3.05, 3.63) is 23.8 Å². The molecular weight excluding hydrogens is 222 g/mol. The van der Waals surface area contributed by atoms with E-state index in [0.717, 1.165) is 11.6 Å². The molecule has 1 aliphatic carbocycles. The van der Waals surface area contributed by atoms with Gasteiger partial charge in [0.2, 0.25) is 0 Å². The molecular formula is C15H21N3. The molecule has 0 bridgehead atoms. The molecule has 18 heavy (non-hydrogen) atoms. The van der Waals surface area contributed by atoms with Crippen LogP contribution in [0.1, 0.15) is 44.6 Å². The Morgan fingerprint density at radius 1 is 1.28 bits per heavy atom. The van der Waals surface area contributed by atoms with Crippen molar-refractivity contribution in [2.45, 2.75) is 45.1 Å². The molecule has 3 N–H and O–H groups in total. The highest BCUT2D eigenvalue weighted by atomic mass is 14.9. The Labute approximate surface area is 109 Å². The maximum atomic E-state index is 8.81. The van der Waals surface area contributed by atoms with Crippen molar-refractivity contribution < 1.29 is 0 Å². The van der Waals surface area contributed by atoms with Gasteiger partial charge in [0.25, 0.3) is 0 Å². The maximum absolute atomic E-state index is 8.81. The Bertz CT molecular complexity index is 448. The van der Waals surface area contributed by atoms with Crippen LogP contribution >= 0.6 is 0 Å². The highest BCUT2D eigenvalue weighted by Gasteiger charge is 2.16. The summed E-state index contributed by atoms with van der Waals surface area (Å²) in [5.41, 5.74) is 8.22. The van der Waals surface area contributed by atoms with E-state index in [1.807, 2.05) is 12.1 Å². The van der Waals surface area contributed by atoms with Gasteiger partial charge in [-0.1, -0.05) is 19.8 Å². The van der Waals surface area contributed by atoms with Crippen molar-refractivity contribution in [2.75, 3.05) is 11.1 Å². The van der Waals surface area contributed by atoms with Crippen molar-refractivity contribution in [1.29, 1.82) is 5.26 Å². The molecule has 3 heteroatoms. The summed E-state index contributed by atoms with van der Waals surface area (Å²) in [6.45, 7) is 2.33. The Morgan fingerprint density at radius 2 is 2.11 bits per heavy atom. The molecule has 2 rings (SSSR count). The zero-order valence-electron chi connectivity index (χ0n) is 10.9. The van der Waals surface area contributed by atoms with E-state index >= 15 is 0 Å². The number of benzene rings is 1. The lowest BCUT2D eigenvalue weighted by molar-refractivity contribution is 0.502. The molecule has 0 amide bonds. The first-order valence-corrected chi connectivity index (χ1v) is 6.75. The van der Waals surface area contributed by atoms with Crippen molar-refractivity contribution in [3.63, 3.8) is 0 Å². The lowest BCUT2D eigenvalue weighted by Gasteiger charge is -2.19. The highest BCUT2D eigenvalue weighted by Crippen LogP contribution is 2.27. The lowest BCUT2D eigenvalue weighted by atomic mass is 10.0. The van der Waals surface area contributed by atoms with Crippen LogP contribution in [-0.4, -0.2) is 6.04 Å². The van der Waals surface area contributed by atoms with E-state index in [1.54, 1.807) is 6.07 Å². The minimum atomic E-state index is 0.519. The van der Waals surface area contributed by atoms with Gasteiger partial charge in [-0.3, -0.25) is 0 Å². The molecule has 0 heterocycles. The second-order valence-electron chi connectivity index (χ2n) is 5.37. The third kappa shape index (κ3) is 3.16. The fourth-order valence-corrected chi connectivity index (χ4v) is 2.62. The number of hydrogen-bond acceptors (Lipinski definition) is 3. The predicted octanol–water partition coefficient (Wildman–Crippen LogP) is 3.52. The quantitative estimate of drug-likeness (QED) is 0.617. The first-order valence-electron chi connectivity index (χ1n) is 6.75. The predicted molar refractivity (Wildman–Crippen MR) is 75.2 cm³/mol. The summed E-state index contributed by atoms with van der Waals surface area (Å²) in [4.78, 5) is 0. The minimum absolute atomic E-state index is 0.519. The van der Waals surface area contributed by atoms with E-state index in [0.29, 0.717) is 17.3 Å². The van der Waals surface area contributed by atoms with Gasteiger partial charge >= 0.3 is 0 Å². The number of anilines is 2. The standard InChI is InChI=1S/C15H21N3/c1-11-3-2-4-13(7-5-11)18-15-8-6-12(10-16)9-14(15)17/h6,8-9,11,13,18H,2-5,7,17H2,1H3. The molecule has 2 unspecified atom stereocenters. The third-order valence-corrected chi connectivity index (χ3v) is 3.80. The molecule has 1 fully saturated rings. The smallest absolute Gasteiger partial charge is 0.0992 e. The van der Waals surface area contributed by atoms with Crippen molar-refractivity contribution in [1.82, 2.24) is 0 Å². The molecule has 0 aromatic heterocycles. The summed E-state index contributed by atoms with van der Waals surface area (Å²) in [6, 6.07) is 8.10. The fourth-order valence-electron chi connectivity index (χ4n) is 2.62. The van der Waals surface area contributed by atoms with Crippen LogP contribution in [0.3, 0.4) is 0 Å². The molecule has 3 nitrogen and oxygen atoms in total. The van der Waals surface area contributed by atoms with E-state index < -0.39 is 0 Å². The number of nitrogens with one attached hydrogen (secondary N) is 1. The number of hydrogen-bond donors (Lipinski definition) is 2. The second kappa shape index (κ2) is 5.77. The molecule has 0 saturated heterocycles. The van der Waals surface area contributed by atoms with Gasteiger partial charge in [-0.05, 0) is 43.4 Å². The first-order chi connectivity index (χ1) is 8.69. The summed E-state index contributed by atoms with van der Waals surface area (Å²) < 4.78 is 0. The molecule has 0 spiro atoms. The maximum Gasteiger partial charge on any atom is 0.0992 e. The molecule has 0 aliphatic heterocycles. The largest absolute Gasteiger partial charge is 0.397 e. The van der Waals surface area contributed by atoms with Gasteiger partial charge in [0, 0.05) is 6.04 Å². The molecule has 1 aliphatic rings. The van der Waals surface area contributed by atoms with Crippen LogP contribution in [0.25, 0.3) is 0 Å². The number of nitrogen functional groups attached to an aromatic ring is 1. The normalized spacial score (nSPS) is 24.0. The summed E-state index contributed by atoms with van der Waals surface area (Å²) in [5, 5.41) is 12.3. The average Bonchev–Trinajstić information content (AvgIpc) is 2.57. The van der Waals surface area contributed by atoms with Crippen LogP contribution in [0.5, 0.6) is 0 Å². The van der Waals surface area contributed by atoms with E-state index in [1.165, 1.54) is 32.1 Å². The Balaban J connectivity index is 2.03. The molecule has 1 aromatic carbocycles. The number of nitrogens with zero attached hydrogens (tertiary/aromatic N) is 1. The summed E-state index contributed by atoms with van der Waals surface area (Å²) >= 11 is 0. The van der Waals surface area contributed by atoms with E-state index in [4.69, 9.17) is 11.0 Å². The second-order valence-corrected chi connectivity index (χ2v) is 5.37. The highest BCUT2D eigenvalue weighted by molar-refractivity contribution is 5.68. The topological polar surface area (TPSA) is 61.8 Å². The minimum Gasteiger partial charge on any atom is -0.397 e. The van der Waals surface area contributed by atoms with E-state index in [2.05, 4.69) is 18.3 Å². The van der Waals surface area contributed by atoms with Crippen LogP contribution in [0.4, 0.5) is 11.4 Å². The van der Waals surface area contributed by atoms with Gasteiger partial charge in [-0.15, -0.1) is 0 Å². The van der Waals surface area contributed by atoms with E-state index in [9.17, 15) is 0 Å². The Morgan fingerprint density at radius 3 is 2.83 bits per heavy atom. The molecule has 1 saturated carbocycles. The number of rotatable bonds is 2. The number of nitrogens with two attached hydrogens (primary N) is 1. The Hall–Kier alpha value is -1.69. The fraction of sp³-hybridized carbons (Fsp3) is 0.533. The number of nitriles is 1. The first kappa shape index (κ1) is 12.8. The molecule has 96 valence electrons. The summed E-state index contributed by atoms with van der Waals surface area (Å²) in [7, 11) is 0. The molecule has 2 atom stereocenters. The molecule has 0 radical (unpaired) electrons. The van der Waals surface area contributed by atoms with Gasteiger partial charge < -0.3 is 11.1 Å². The zero-order chi connectivity index (χ0) is 13.0. The van der Waals surface area contributed by atoms with Gasteiger partial charge in [0.1, 0.15) is 0 Å². The zero-order valence-corrected chi connectivity index (χ0v) is 10.9. The summed E-state index contributed by atoms with van der Waals surface area (Å²) in [5.74, 6) is 0.843. The SMILES string of the molecule is CC1CCCC(Nc2ccc(C#N)cc2N)CC1.